The fourth-order valence-electron chi connectivity index (χ4n) is 2.77. The maximum absolute atomic E-state index is 12.7. The molecule has 1 aromatic carbocycles. The van der Waals surface area contributed by atoms with Crippen LogP contribution in [0, 0.1) is 0 Å². The molecule has 29 heavy (non-hydrogen) atoms. The van der Waals surface area contributed by atoms with Gasteiger partial charge in [-0.05, 0) is 17.0 Å². The minimum absolute atomic E-state index is 0.318. The quantitative estimate of drug-likeness (QED) is 0.516. The zero-order chi connectivity index (χ0) is 20.2. The molecule has 1 amide bonds. The topological polar surface area (TPSA) is 86.0 Å². The molecule has 0 saturated carbocycles. The van der Waals surface area contributed by atoms with Gasteiger partial charge in [0.25, 0.3) is 5.56 Å². The molecule has 1 N–H and O–H groups in total. The molecule has 0 saturated heterocycles. The standard InChI is InChI=1S/C20H16N4O3S2/c25-17(22-19-21-15(13-29-19)16-7-4-10-28-16)12-24-18(26)8-9-23(20(24)27)11-14-5-2-1-3-6-14/h1-10,13H,11-12H2,(H,21,22,25). The van der Waals surface area contributed by atoms with Crippen molar-refractivity contribution >= 4 is 33.7 Å². The van der Waals surface area contributed by atoms with E-state index in [1.54, 1.807) is 11.3 Å². The summed E-state index contributed by atoms with van der Waals surface area (Å²) in [6.45, 7) is -0.0561. The van der Waals surface area contributed by atoms with Gasteiger partial charge in [0.2, 0.25) is 5.91 Å². The highest BCUT2D eigenvalue weighted by Crippen LogP contribution is 2.28. The zero-order valence-electron chi connectivity index (χ0n) is 15.1. The highest BCUT2D eigenvalue weighted by Gasteiger charge is 2.13. The Bertz CT molecular complexity index is 1240. The molecule has 3 aromatic heterocycles. The second kappa shape index (κ2) is 8.38. The van der Waals surface area contributed by atoms with Crippen molar-refractivity contribution in [1.82, 2.24) is 14.1 Å². The number of amides is 1. The van der Waals surface area contributed by atoms with Crippen LogP contribution < -0.4 is 16.6 Å². The van der Waals surface area contributed by atoms with Crippen molar-refractivity contribution in [2.24, 2.45) is 0 Å². The highest BCUT2D eigenvalue weighted by molar-refractivity contribution is 7.16. The van der Waals surface area contributed by atoms with Gasteiger partial charge in [-0.1, -0.05) is 36.4 Å². The predicted octanol–water partition coefficient (Wildman–Crippen LogP) is 2.88. The molecule has 0 aliphatic rings. The average molecular weight is 425 g/mol. The van der Waals surface area contributed by atoms with E-state index >= 15 is 0 Å². The van der Waals surface area contributed by atoms with Crippen LogP contribution in [0.4, 0.5) is 5.13 Å². The van der Waals surface area contributed by atoms with Gasteiger partial charge in [-0.15, -0.1) is 22.7 Å². The fraction of sp³-hybridized carbons (Fsp3) is 0.100. The van der Waals surface area contributed by atoms with Gasteiger partial charge in [-0.25, -0.2) is 9.78 Å². The second-order valence-electron chi connectivity index (χ2n) is 6.20. The Morgan fingerprint density at radius 3 is 2.62 bits per heavy atom. The number of thiazole rings is 1. The summed E-state index contributed by atoms with van der Waals surface area (Å²) in [6.07, 6.45) is 1.44. The number of hydrogen-bond acceptors (Lipinski definition) is 6. The minimum atomic E-state index is -0.532. The molecule has 0 atom stereocenters. The first-order chi connectivity index (χ1) is 14.1. The Kier molecular flexibility index (Phi) is 5.50. The molecule has 4 rings (SSSR count). The summed E-state index contributed by atoms with van der Waals surface area (Å²) < 4.78 is 2.33. The molecule has 0 aliphatic heterocycles. The molecule has 146 valence electrons. The summed E-state index contributed by atoms with van der Waals surface area (Å²) in [5.41, 5.74) is 0.651. The van der Waals surface area contributed by atoms with Crippen LogP contribution in [0.2, 0.25) is 0 Å². The van der Waals surface area contributed by atoms with E-state index in [4.69, 9.17) is 0 Å². The molecule has 0 bridgehead atoms. The number of nitrogens with zero attached hydrogens (tertiary/aromatic N) is 3. The van der Waals surface area contributed by atoms with Crippen LogP contribution in [0.3, 0.4) is 0 Å². The number of anilines is 1. The molecule has 0 fully saturated rings. The van der Waals surface area contributed by atoms with Gasteiger partial charge < -0.3 is 5.32 Å². The van der Waals surface area contributed by atoms with E-state index in [1.807, 2.05) is 53.2 Å². The number of aromatic nitrogens is 3. The Balaban J connectivity index is 1.50. The minimum Gasteiger partial charge on any atom is -0.300 e. The largest absolute Gasteiger partial charge is 0.331 e. The first-order valence-electron chi connectivity index (χ1n) is 8.73. The first kappa shape index (κ1) is 19.0. The van der Waals surface area contributed by atoms with E-state index in [2.05, 4.69) is 10.3 Å². The summed E-state index contributed by atoms with van der Waals surface area (Å²) in [5, 5.41) is 6.89. The van der Waals surface area contributed by atoms with Gasteiger partial charge in [-0.3, -0.25) is 18.7 Å². The summed E-state index contributed by atoms with van der Waals surface area (Å²) in [4.78, 5) is 42.6. The smallest absolute Gasteiger partial charge is 0.300 e. The average Bonchev–Trinajstić information content (AvgIpc) is 3.40. The van der Waals surface area contributed by atoms with Crippen LogP contribution in [0.25, 0.3) is 10.6 Å². The second-order valence-corrected chi connectivity index (χ2v) is 8.01. The van der Waals surface area contributed by atoms with E-state index in [0.717, 1.165) is 20.7 Å². The summed E-state index contributed by atoms with van der Waals surface area (Å²) in [6, 6.07) is 14.6. The monoisotopic (exact) mass is 424 g/mol. The molecule has 4 aromatic rings. The SMILES string of the molecule is O=C(Cn1c(=O)ccn(Cc2ccccc2)c1=O)Nc1nc(-c2cccs2)cs1. The molecule has 9 heteroatoms. The third-order valence-corrected chi connectivity index (χ3v) is 5.81. The zero-order valence-corrected chi connectivity index (χ0v) is 16.8. The number of nitrogens with one attached hydrogen (secondary N) is 1. The number of benzene rings is 1. The van der Waals surface area contributed by atoms with Gasteiger partial charge in [0.05, 0.1) is 17.1 Å². The normalized spacial score (nSPS) is 10.8. The van der Waals surface area contributed by atoms with Gasteiger partial charge in [0.1, 0.15) is 6.54 Å². The number of rotatable bonds is 6. The van der Waals surface area contributed by atoms with E-state index in [9.17, 15) is 14.4 Å². The fourth-order valence-corrected chi connectivity index (χ4v) is 4.26. The Labute approximate surface area is 173 Å². The maximum atomic E-state index is 12.7. The van der Waals surface area contributed by atoms with Crippen LogP contribution in [0.1, 0.15) is 5.56 Å². The highest BCUT2D eigenvalue weighted by atomic mass is 32.1. The van der Waals surface area contributed by atoms with Gasteiger partial charge in [0.15, 0.2) is 5.13 Å². The van der Waals surface area contributed by atoms with E-state index < -0.39 is 17.2 Å². The maximum Gasteiger partial charge on any atom is 0.331 e. The third-order valence-electron chi connectivity index (χ3n) is 4.16. The Morgan fingerprint density at radius 2 is 1.86 bits per heavy atom. The van der Waals surface area contributed by atoms with Crippen LogP contribution >= 0.6 is 22.7 Å². The van der Waals surface area contributed by atoms with Crippen molar-refractivity contribution in [3.8, 4) is 10.6 Å². The first-order valence-corrected chi connectivity index (χ1v) is 10.5. The van der Waals surface area contributed by atoms with Crippen LogP contribution in [0.15, 0.2) is 75.1 Å². The molecular formula is C20H16N4O3S2. The lowest BCUT2D eigenvalue weighted by atomic mass is 10.2. The van der Waals surface area contributed by atoms with Crippen LogP contribution in [-0.4, -0.2) is 20.0 Å². The molecule has 3 heterocycles. The molecule has 0 aliphatic carbocycles. The van der Waals surface area contributed by atoms with Gasteiger partial charge >= 0.3 is 5.69 Å². The van der Waals surface area contributed by atoms with Crippen molar-refractivity contribution in [2.75, 3.05) is 5.32 Å². The van der Waals surface area contributed by atoms with Gasteiger partial charge in [0, 0.05) is 17.6 Å². The lowest BCUT2D eigenvalue weighted by Gasteiger charge is -2.09. The van der Waals surface area contributed by atoms with Crippen molar-refractivity contribution in [2.45, 2.75) is 13.1 Å². The third kappa shape index (κ3) is 4.41. The molecule has 0 unspecified atom stereocenters. The number of carbonyl (C=O) groups is 1. The molecule has 7 nitrogen and oxygen atoms in total. The lowest BCUT2D eigenvalue weighted by Crippen LogP contribution is -2.41. The molecular weight excluding hydrogens is 408 g/mol. The van der Waals surface area contributed by atoms with Crippen molar-refractivity contribution in [3.63, 3.8) is 0 Å². The molecule has 0 radical (unpaired) electrons. The molecule has 0 spiro atoms. The summed E-state index contributed by atoms with van der Waals surface area (Å²) in [5.74, 6) is -0.478. The van der Waals surface area contributed by atoms with Gasteiger partial charge in [-0.2, -0.15) is 0 Å². The number of carbonyl (C=O) groups excluding carboxylic acids is 1. The van der Waals surface area contributed by atoms with E-state index in [1.165, 1.54) is 28.2 Å². The van der Waals surface area contributed by atoms with E-state index in [-0.39, 0.29) is 6.54 Å². The summed E-state index contributed by atoms with van der Waals surface area (Å²) in [7, 11) is 0. The van der Waals surface area contributed by atoms with Crippen LogP contribution in [-0.2, 0) is 17.9 Å². The van der Waals surface area contributed by atoms with Crippen molar-refractivity contribution in [1.29, 1.82) is 0 Å². The Hall–Kier alpha value is -3.30. The van der Waals surface area contributed by atoms with Crippen molar-refractivity contribution in [3.05, 3.63) is 91.9 Å². The predicted molar refractivity (Wildman–Crippen MR) is 115 cm³/mol. The Morgan fingerprint density at radius 1 is 1.03 bits per heavy atom. The lowest BCUT2D eigenvalue weighted by molar-refractivity contribution is -0.116. The van der Waals surface area contributed by atoms with Crippen molar-refractivity contribution < 1.29 is 4.79 Å². The number of hydrogen-bond donors (Lipinski definition) is 1. The van der Waals surface area contributed by atoms with Crippen LogP contribution in [0.5, 0.6) is 0 Å². The van der Waals surface area contributed by atoms with E-state index in [0.29, 0.717) is 11.7 Å². The summed E-state index contributed by atoms with van der Waals surface area (Å²) >= 11 is 2.85. The number of thiophene rings is 1.